The van der Waals surface area contributed by atoms with Crippen molar-refractivity contribution in [2.45, 2.75) is 0 Å². The summed E-state index contributed by atoms with van der Waals surface area (Å²) >= 11 is 5.98. The summed E-state index contributed by atoms with van der Waals surface area (Å²) in [6.45, 7) is 0. The van der Waals surface area contributed by atoms with E-state index >= 15 is 0 Å². The lowest BCUT2D eigenvalue weighted by Gasteiger charge is -1.93. The van der Waals surface area contributed by atoms with E-state index in [1.807, 2.05) is 49.0 Å². The zero-order valence-electron chi connectivity index (χ0n) is 6.71. The van der Waals surface area contributed by atoms with Gasteiger partial charge in [-0.15, -0.1) is 0 Å². The Hall–Kier alpha value is -0.820. The first-order valence-corrected chi connectivity index (χ1v) is 3.85. The highest BCUT2D eigenvalue weighted by Gasteiger charge is 2.04. The zero-order valence-corrected chi connectivity index (χ0v) is 7.47. The van der Waals surface area contributed by atoms with Crippen LogP contribution in [0.5, 0.6) is 0 Å². The lowest BCUT2D eigenvalue weighted by molar-refractivity contribution is -0.461. The van der Waals surface area contributed by atoms with Gasteiger partial charge in [-0.2, -0.15) is 0 Å². The van der Waals surface area contributed by atoms with Crippen LogP contribution >= 0.6 is 11.6 Å². The van der Waals surface area contributed by atoms with E-state index in [1.165, 1.54) is 0 Å². The topological polar surface area (TPSA) is 3.01 Å². The molecule has 0 saturated carbocycles. The molecule has 1 rings (SSSR count). The van der Waals surface area contributed by atoms with Crippen molar-refractivity contribution in [2.24, 2.45) is 0 Å². The van der Waals surface area contributed by atoms with Crippen molar-refractivity contribution in [3.63, 3.8) is 0 Å². The number of benzene rings is 1. The minimum Gasteiger partial charge on any atom is -0.225 e. The number of halogens is 1. The quantitative estimate of drug-likeness (QED) is 0.446. The molecule has 0 unspecified atom stereocenters. The van der Waals surface area contributed by atoms with Crippen molar-refractivity contribution in [1.29, 1.82) is 0 Å². The number of rotatable bonds is 1. The van der Waals surface area contributed by atoms with E-state index < -0.39 is 0 Å². The Labute approximate surface area is 71.9 Å². The number of hydrogen-bond donors (Lipinski definition) is 0. The Morgan fingerprint density at radius 1 is 1.18 bits per heavy atom. The Morgan fingerprint density at radius 2 is 1.73 bits per heavy atom. The lowest BCUT2D eigenvalue weighted by atomic mass is 10.2. The maximum absolute atomic E-state index is 5.98. The van der Waals surface area contributed by atoms with E-state index in [9.17, 15) is 0 Å². The summed E-state index contributed by atoms with van der Waals surface area (Å²) in [5, 5.41) is 0.769. The molecule has 0 heterocycles. The van der Waals surface area contributed by atoms with Gasteiger partial charge in [0.05, 0.1) is 5.56 Å². The molecule has 0 saturated heterocycles. The Morgan fingerprint density at radius 3 is 2.18 bits per heavy atom. The van der Waals surface area contributed by atoms with Crippen LogP contribution in [-0.2, 0) is 0 Å². The Kier molecular flexibility index (Phi) is 2.66. The van der Waals surface area contributed by atoms with Crippen molar-refractivity contribution < 1.29 is 4.58 Å². The number of hydrogen-bond acceptors (Lipinski definition) is 0. The van der Waals surface area contributed by atoms with Gasteiger partial charge in [-0.3, -0.25) is 0 Å². The van der Waals surface area contributed by atoms with Crippen LogP contribution in [0, 0.1) is 0 Å². The predicted molar refractivity (Wildman–Crippen MR) is 48.5 cm³/mol. The van der Waals surface area contributed by atoms with Crippen molar-refractivity contribution in [1.82, 2.24) is 0 Å². The molecule has 1 aromatic rings. The molecular formula is C9H11ClN+. The maximum atomic E-state index is 5.98. The summed E-state index contributed by atoms with van der Waals surface area (Å²) in [6, 6.07) is 9.90. The van der Waals surface area contributed by atoms with Crippen LogP contribution in [0.2, 0.25) is 0 Å². The normalized spacial score (nSPS) is 9.36. The lowest BCUT2D eigenvalue weighted by Crippen LogP contribution is -2.07. The summed E-state index contributed by atoms with van der Waals surface area (Å²) in [7, 11) is 3.85. The van der Waals surface area contributed by atoms with Crippen LogP contribution in [0.15, 0.2) is 30.3 Å². The van der Waals surface area contributed by atoms with Gasteiger partial charge in [0.25, 0.3) is 5.17 Å². The fourth-order valence-electron chi connectivity index (χ4n) is 0.834. The van der Waals surface area contributed by atoms with Crippen LogP contribution < -0.4 is 0 Å². The van der Waals surface area contributed by atoms with Crippen LogP contribution in [0.3, 0.4) is 0 Å². The van der Waals surface area contributed by atoms with Crippen molar-refractivity contribution in [2.75, 3.05) is 14.1 Å². The van der Waals surface area contributed by atoms with Crippen molar-refractivity contribution in [3.05, 3.63) is 35.9 Å². The first-order chi connectivity index (χ1) is 5.22. The molecule has 58 valence electrons. The SMILES string of the molecule is C[N+](C)=C(Cl)c1ccccc1. The van der Waals surface area contributed by atoms with Gasteiger partial charge in [-0.05, 0) is 23.7 Å². The molecule has 0 aliphatic rings. The Bertz CT molecular complexity index is 260. The molecule has 0 atom stereocenters. The smallest absolute Gasteiger partial charge is 0.225 e. The average Bonchev–Trinajstić information content (AvgIpc) is 2.05. The molecule has 1 nitrogen and oxygen atoms in total. The molecule has 11 heavy (non-hydrogen) atoms. The molecule has 0 fully saturated rings. The highest BCUT2D eigenvalue weighted by molar-refractivity contribution is 6.68. The van der Waals surface area contributed by atoms with Gasteiger partial charge in [0, 0.05) is 0 Å². The van der Waals surface area contributed by atoms with Gasteiger partial charge in [-0.1, -0.05) is 18.2 Å². The van der Waals surface area contributed by atoms with Crippen molar-refractivity contribution >= 4 is 16.8 Å². The van der Waals surface area contributed by atoms with Crippen LogP contribution in [0.4, 0.5) is 0 Å². The fourth-order valence-corrected chi connectivity index (χ4v) is 0.960. The molecule has 0 aliphatic carbocycles. The second-order valence-corrected chi connectivity index (χ2v) is 2.91. The van der Waals surface area contributed by atoms with Crippen molar-refractivity contribution in [3.8, 4) is 0 Å². The second kappa shape index (κ2) is 3.54. The maximum Gasteiger partial charge on any atom is 0.276 e. The molecule has 0 bridgehead atoms. The molecule has 2 heteroatoms. The second-order valence-electron chi connectivity index (χ2n) is 2.55. The first-order valence-electron chi connectivity index (χ1n) is 3.47. The molecule has 0 aromatic heterocycles. The largest absolute Gasteiger partial charge is 0.276 e. The highest BCUT2D eigenvalue weighted by atomic mass is 35.5. The third kappa shape index (κ3) is 2.05. The van der Waals surface area contributed by atoms with E-state index in [0.717, 1.165) is 10.7 Å². The third-order valence-corrected chi connectivity index (χ3v) is 1.96. The first kappa shape index (κ1) is 8.28. The minimum atomic E-state index is 0.769. The summed E-state index contributed by atoms with van der Waals surface area (Å²) in [6.07, 6.45) is 0. The monoisotopic (exact) mass is 168 g/mol. The Balaban J connectivity index is 3.04. The van der Waals surface area contributed by atoms with Gasteiger partial charge in [0.15, 0.2) is 0 Å². The van der Waals surface area contributed by atoms with Gasteiger partial charge >= 0.3 is 0 Å². The van der Waals surface area contributed by atoms with Gasteiger partial charge in [-0.25, -0.2) is 4.58 Å². The van der Waals surface area contributed by atoms with E-state index in [2.05, 4.69) is 0 Å². The van der Waals surface area contributed by atoms with E-state index in [0.29, 0.717) is 0 Å². The van der Waals surface area contributed by atoms with E-state index in [-0.39, 0.29) is 0 Å². The third-order valence-electron chi connectivity index (χ3n) is 1.40. The van der Waals surface area contributed by atoms with E-state index in [1.54, 1.807) is 0 Å². The van der Waals surface area contributed by atoms with Gasteiger partial charge < -0.3 is 0 Å². The molecule has 0 radical (unpaired) electrons. The minimum absolute atomic E-state index is 0.769. The van der Waals surface area contributed by atoms with Crippen LogP contribution in [0.1, 0.15) is 5.56 Å². The van der Waals surface area contributed by atoms with E-state index in [4.69, 9.17) is 11.6 Å². The zero-order chi connectivity index (χ0) is 8.27. The molecule has 1 aromatic carbocycles. The van der Waals surface area contributed by atoms with Gasteiger partial charge in [0.2, 0.25) is 0 Å². The standard InChI is InChI=1S/C9H11ClN/c1-11(2)9(10)8-6-4-3-5-7-8/h3-7H,1-2H3/q+1. The predicted octanol–water partition coefficient (Wildman–Crippen LogP) is 1.94. The number of nitrogens with zero attached hydrogens (tertiary/aromatic N) is 1. The van der Waals surface area contributed by atoms with Gasteiger partial charge in [0.1, 0.15) is 14.1 Å². The summed E-state index contributed by atoms with van der Waals surface area (Å²) in [5.74, 6) is 0. The molecule has 0 aliphatic heterocycles. The molecule has 0 spiro atoms. The summed E-state index contributed by atoms with van der Waals surface area (Å²) in [4.78, 5) is 0. The average molecular weight is 169 g/mol. The summed E-state index contributed by atoms with van der Waals surface area (Å²) in [5.41, 5.74) is 1.05. The fraction of sp³-hybridized carbons (Fsp3) is 0.222. The van der Waals surface area contributed by atoms with Crippen LogP contribution in [-0.4, -0.2) is 23.8 Å². The van der Waals surface area contributed by atoms with Crippen LogP contribution in [0.25, 0.3) is 0 Å². The highest BCUT2D eigenvalue weighted by Crippen LogP contribution is 2.02. The molecule has 0 amide bonds. The molecular weight excluding hydrogens is 158 g/mol. The summed E-state index contributed by atoms with van der Waals surface area (Å²) < 4.78 is 1.89. The molecule has 0 N–H and O–H groups in total.